The summed E-state index contributed by atoms with van der Waals surface area (Å²) in [6.45, 7) is 3.73. The van der Waals surface area contributed by atoms with Crippen molar-refractivity contribution in [2.24, 2.45) is 5.92 Å². The highest BCUT2D eigenvalue weighted by atomic mass is 32.1. The molecular formula is C24H28N2O4S. The Morgan fingerprint density at radius 1 is 1.13 bits per heavy atom. The third kappa shape index (κ3) is 4.02. The van der Waals surface area contributed by atoms with E-state index in [9.17, 15) is 9.59 Å². The zero-order valence-corrected chi connectivity index (χ0v) is 18.3. The lowest BCUT2D eigenvalue weighted by Gasteiger charge is -2.49. The molecule has 6 nitrogen and oxygen atoms in total. The molecule has 4 fully saturated rings. The number of esters is 1. The Kier molecular flexibility index (Phi) is 5.58. The third-order valence-corrected chi connectivity index (χ3v) is 8.27. The van der Waals surface area contributed by atoms with Crippen LogP contribution in [0.15, 0.2) is 42.5 Å². The van der Waals surface area contributed by atoms with Crippen LogP contribution in [0.2, 0.25) is 0 Å². The maximum absolute atomic E-state index is 13.5. The number of thiophene rings is 1. The first-order valence-electron chi connectivity index (χ1n) is 11.1. The van der Waals surface area contributed by atoms with E-state index in [0.717, 1.165) is 42.9 Å². The summed E-state index contributed by atoms with van der Waals surface area (Å²) in [4.78, 5) is 28.3. The predicted molar refractivity (Wildman–Crippen MR) is 118 cm³/mol. The standard InChI is InChI=1S/C24H28N2O4S/c27-22(28)21-7-6-19(31-21)14-25-18-12-24(13-18,17-4-2-1-3-5-17)23(29)30-20-15-26-10-8-16(20)9-11-26/h1-7,16,18,20,25H,8-15H2,(H,27,28)/t18?,20-,24?/m0/s1. The number of carboxylic acids is 1. The van der Waals surface area contributed by atoms with Gasteiger partial charge in [-0.15, -0.1) is 11.3 Å². The van der Waals surface area contributed by atoms with E-state index in [4.69, 9.17) is 9.84 Å². The zero-order valence-electron chi connectivity index (χ0n) is 17.5. The molecule has 6 rings (SSSR count). The van der Waals surface area contributed by atoms with Crippen molar-refractivity contribution >= 4 is 23.3 Å². The van der Waals surface area contributed by atoms with Crippen LogP contribution in [0, 0.1) is 5.92 Å². The molecule has 1 aromatic carbocycles. The molecule has 1 aliphatic carbocycles. The van der Waals surface area contributed by atoms with Crippen molar-refractivity contribution in [2.45, 2.75) is 49.8 Å². The highest BCUT2D eigenvalue weighted by Gasteiger charge is 2.53. The number of nitrogens with zero attached hydrogens (tertiary/aromatic N) is 1. The van der Waals surface area contributed by atoms with Crippen LogP contribution in [-0.4, -0.2) is 53.7 Å². The molecule has 3 aliphatic heterocycles. The Morgan fingerprint density at radius 2 is 1.87 bits per heavy atom. The maximum Gasteiger partial charge on any atom is 0.345 e. The minimum absolute atomic E-state index is 0.0168. The van der Waals surface area contributed by atoms with Crippen LogP contribution in [-0.2, 0) is 21.5 Å². The van der Waals surface area contributed by atoms with Gasteiger partial charge in [0, 0.05) is 24.0 Å². The number of carbonyl (C=O) groups excluding carboxylic acids is 1. The molecule has 3 saturated heterocycles. The molecule has 1 saturated carbocycles. The highest BCUT2D eigenvalue weighted by molar-refractivity contribution is 7.13. The molecule has 0 unspecified atom stereocenters. The molecule has 1 atom stereocenters. The van der Waals surface area contributed by atoms with Gasteiger partial charge in [0.25, 0.3) is 0 Å². The molecule has 2 N–H and O–H groups in total. The fourth-order valence-corrected chi connectivity index (χ4v) is 6.13. The second-order valence-corrected chi connectivity index (χ2v) is 10.3. The summed E-state index contributed by atoms with van der Waals surface area (Å²) in [6, 6.07) is 13.7. The number of benzene rings is 1. The van der Waals surface area contributed by atoms with Crippen LogP contribution < -0.4 is 5.32 Å². The Bertz CT molecular complexity index is 945. The van der Waals surface area contributed by atoms with E-state index in [0.29, 0.717) is 30.2 Å². The molecule has 0 radical (unpaired) electrons. The third-order valence-electron chi connectivity index (χ3n) is 7.20. The molecule has 4 heterocycles. The van der Waals surface area contributed by atoms with Crippen molar-refractivity contribution in [3.05, 3.63) is 57.8 Å². The van der Waals surface area contributed by atoms with Crippen LogP contribution in [0.4, 0.5) is 0 Å². The number of nitrogens with one attached hydrogen (secondary N) is 1. The number of carboxylic acid groups (broad SMARTS) is 1. The van der Waals surface area contributed by atoms with E-state index in [1.54, 1.807) is 6.07 Å². The van der Waals surface area contributed by atoms with Gasteiger partial charge in [0.2, 0.25) is 0 Å². The van der Waals surface area contributed by atoms with Gasteiger partial charge >= 0.3 is 11.9 Å². The van der Waals surface area contributed by atoms with Crippen LogP contribution in [0.25, 0.3) is 0 Å². The fraction of sp³-hybridized carbons (Fsp3) is 0.500. The molecule has 2 aromatic rings. The Hall–Kier alpha value is -2.22. The number of aromatic carboxylic acids is 1. The van der Waals surface area contributed by atoms with Crippen molar-refractivity contribution in [1.29, 1.82) is 0 Å². The SMILES string of the molecule is O=C(O)c1ccc(CNC2CC(C(=O)O[C@H]3CN4CCC3CC4)(c3ccccc3)C2)s1. The molecule has 0 amide bonds. The summed E-state index contributed by atoms with van der Waals surface area (Å²) in [7, 11) is 0. The van der Waals surface area contributed by atoms with E-state index < -0.39 is 11.4 Å². The number of ether oxygens (including phenoxy) is 1. The topological polar surface area (TPSA) is 78.9 Å². The van der Waals surface area contributed by atoms with Crippen LogP contribution in [0.1, 0.15) is 45.8 Å². The van der Waals surface area contributed by atoms with E-state index in [-0.39, 0.29) is 18.1 Å². The minimum atomic E-state index is -0.890. The highest BCUT2D eigenvalue weighted by Crippen LogP contribution is 2.46. The molecule has 2 bridgehead atoms. The van der Waals surface area contributed by atoms with E-state index in [1.807, 2.05) is 36.4 Å². The van der Waals surface area contributed by atoms with Gasteiger partial charge in [0.1, 0.15) is 11.0 Å². The van der Waals surface area contributed by atoms with Crippen LogP contribution in [0.3, 0.4) is 0 Å². The van der Waals surface area contributed by atoms with Gasteiger partial charge in [-0.05, 0) is 62.4 Å². The summed E-state index contributed by atoms with van der Waals surface area (Å²) < 4.78 is 6.16. The first kappa shape index (κ1) is 20.7. The second-order valence-electron chi connectivity index (χ2n) is 9.09. The summed E-state index contributed by atoms with van der Waals surface area (Å²) in [5.74, 6) is -0.476. The van der Waals surface area contributed by atoms with Crippen molar-refractivity contribution in [3.63, 3.8) is 0 Å². The van der Waals surface area contributed by atoms with Gasteiger partial charge < -0.3 is 15.2 Å². The lowest BCUT2D eigenvalue weighted by molar-refractivity contribution is -0.170. The lowest BCUT2D eigenvalue weighted by Crippen LogP contribution is -2.59. The van der Waals surface area contributed by atoms with E-state index >= 15 is 0 Å². The molecule has 7 heteroatoms. The Morgan fingerprint density at radius 3 is 2.48 bits per heavy atom. The average Bonchev–Trinajstić information content (AvgIpc) is 3.24. The van der Waals surface area contributed by atoms with Gasteiger partial charge in [-0.2, -0.15) is 0 Å². The summed E-state index contributed by atoms with van der Waals surface area (Å²) in [5, 5.41) is 12.6. The van der Waals surface area contributed by atoms with Crippen molar-refractivity contribution < 1.29 is 19.4 Å². The van der Waals surface area contributed by atoms with Gasteiger partial charge in [0.05, 0.1) is 5.41 Å². The molecule has 4 aliphatic rings. The zero-order chi connectivity index (χ0) is 21.4. The van der Waals surface area contributed by atoms with E-state index in [2.05, 4.69) is 10.2 Å². The Balaban J connectivity index is 1.25. The Labute approximate surface area is 186 Å². The summed E-state index contributed by atoms with van der Waals surface area (Å²) >= 11 is 1.29. The monoisotopic (exact) mass is 440 g/mol. The molecule has 1 aromatic heterocycles. The van der Waals surface area contributed by atoms with Crippen molar-refractivity contribution in [3.8, 4) is 0 Å². The van der Waals surface area contributed by atoms with Crippen LogP contribution in [0.5, 0.6) is 0 Å². The predicted octanol–water partition coefficient (Wildman–Crippen LogP) is 3.27. The quantitative estimate of drug-likeness (QED) is 0.644. The number of rotatable bonds is 7. The average molecular weight is 441 g/mol. The van der Waals surface area contributed by atoms with Gasteiger partial charge in [-0.3, -0.25) is 9.69 Å². The molecular weight excluding hydrogens is 412 g/mol. The summed E-state index contributed by atoms with van der Waals surface area (Å²) in [5.41, 5.74) is 0.440. The first-order valence-corrected chi connectivity index (χ1v) is 11.9. The number of fused-ring (bicyclic) bond motifs is 3. The second kappa shape index (κ2) is 8.37. The first-order chi connectivity index (χ1) is 15.0. The smallest absolute Gasteiger partial charge is 0.345 e. The summed E-state index contributed by atoms with van der Waals surface area (Å²) in [6.07, 6.45) is 3.67. The lowest BCUT2D eigenvalue weighted by atomic mass is 9.61. The largest absolute Gasteiger partial charge is 0.477 e. The normalized spacial score (nSPS) is 31.7. The number of hydrogen-bond acceptors (Lipinski definition) is 6. The van der Waals surface area contributed by atoms with Crippen molar-refractivity contribution in [1.82, 2.24) is 10.2 Å². The number of carbonyl (C=O) groups is 2. The fourth-order valence-electron chi connectivity index (χ4n) is 5.33. The number of piperidine rings is 3. The van der Waals surface area contributed by atoms with Gasteiger partial charge in [0.15, 0.2) is 0 Å². The molecule has 0 spiro atoms. The molecule has 164 valence electrons. The minimum Gasteiger partial charge on any atom is -0.477 e. The van der Waals surface area contributed by atoms with Gasteiger partial charge in [-0.1, -0.05) is 30.3 Å². The number of hydrogen-bond donors (Lipinski definition) is 2. The van der Waals surface area contributed by atoms with E-state index in [1.165, 1.54) is 11.3 Å². The van der Waals surface area contributed by atoms with Crippen LogP contribution >= 0.6 is 11.3 Å². The maximum atomic E-state index is 13.5. The molecule has 31 heavy (non-hydrogen) atoms. The van der Waals surface area contributed by atoms with Gasteiger partial charge in [-0.25, -0.2) is 4.79 Å². The van der Waals surface area contributed by atoms with Crippen molar-refractivity contribution in [2.75, 3.05) is 19.6 Å².